The zero-order chi connectivity index (χ0) is 29.1. The molecule has 14 heteroatoms. The van der Waals surface area contributed by atoms with E-state index in [4.69, 9.17) is 23.7 Å². The Hall–Kier alpha value is -3.08. The van der Waals surface area contributed by atoms with E-state index >= 15 is 0 Å². The summed E-state index contributed by atoms with van der Waals surface area (Å²) in [5.74, 6) is -4.78. The minimum Gasteiger partial charge on any atom is -0.508 e. The minimum absolute atomic E-state index is 0.0543. The molecule has 0 amide bonds. The molecule has 1 aromatic rings. The third-order valence-electron chi connectivity index (χ3n) is 7.33. The van der Waals surface area contributed by atoms with Crippen molar-refractivity contribution >= 4 is 18.0 Å². The zero-order valence-corrected chi connectivity index (χ0v) is 21.3. The number of fused-ring (bicyclic) bond motifs is 1. The standard InChI is InChI=1S/C26H32O14/c1-36-24(35)14-10-38-25(40-26-23(34)22(33)20(31)15(8-27)39-26)18-13(19(30)21(32)17(14)18)9-37-16(29)7-4-11-2-5-12(28)6-3-11/h2-7,10,13,15,17-23,25-28,30-34H,8-9H2,1H3/t13-,15+,17-,18+,19-,20-,21+,22-,23-,25-,26+/m1/s1. The van der Waals surface area contributed by atoms with Crippen LogP contribution in [0.3, 0.4) is 0 Å². The van der Waals surface area contributed by atoms with Gasteiger partial charge < -0.3 is 59.4 Å². The predicted octanol–water partition coefficient (Wildman–Crippen LogP) is -2.24. The number of hydrogen-bond donors (Lipinski definition) is 7. The van der Waals surface area contributed by atoms with Gasteiger partial charge in [0.1, 0.15) is 30.2 Å². The summed E-state index contributed by atoms with van der Waals surface area (Å²) in [7, 11) is 1.12. The van der Waals surface area contributed by atoms with Crippen LogP contribution in [-0.2, 0) is 33.3 Å². The third kappa shape index (κ3) is 5.99. The molecule has 0 radical (unpaired) electrons. The van der Waals surface area contributed by atoms with Crippen LogP contribution < -0.4 is 0 Å². The van der Waals surface area contributed by atoms with Gasteiger partial charge in [-0.15, -0.1) is 0 Å². The fraction of sp³-hybridized carbons (Fsp3) is 0.538. The number of methoxy groups -OCH3 is 1. The van der Waals surface area contributed by atoms with Gasteiger partial charge >= 0.3 is 11.9 Å². The molecule has 3 aliphatic rings. The van der Waals surface area contributed by atoms with Crippen molar-refractivity contribution in [3.63, 3.8) is 0 Å². The Balaban J connectivity index is 1.54. The molecule has 2 fully saturated rings. The van der Waals surface area contributed by atoms with Crippen molar-refractivity contribution in [3.05, 3.63) is 47.7 Å². The average molecular weight is 569 g/mol. The fourth-order valence-electron chi connectivity index (χ4n) is 5.18. The van der Waals surface area contributed by atoms with Gasteiger partial charge in [-0.3, -0.25) is 0 Å². The second kappa shape index (κ2) is 12.6. The van der Waals surface area contributed by atoms with Gasteiger partial charge in [0.2, 0.25) is 6.29 Å². The van der Waals surface area contributed by atoms with Crippen molar-refractivity contribution in [2.45, 2.75) is 49.2 Å². The van der Waals surface area contributed by atoms with Crippen molar-refractivity contribution in [2.24, 2.45) is 17.8 Å². The highest BCUT2D eigenvalue weighted by molar-refractivity contribution is 5.89. The number of phenols is 1. The molecule has 0 spiro atoms. The van der Waals surface area contributed by atoms with E-state index in [9.17, 15) is 45.3 Å². The number of aliphatic hydroxyl groups is 6. The summed E-state index contributed by atoms with van der Waals surface area (Å²) in [6, 6.07) is 6.02. The maximum Gasteiger partial charge on any atom is 0.337 e. The highest BCUT2D eigenvalue weighted by atomic mass is 16.8. The van der Waals surface area contributed by atoms with Crippen molar-refractivity contribution in [1.82, 2.24) is 0 Å². The van der Waals surface area contributed by atoms with Crippen LogP contribution in [0.4, 0.5) is 0 Å². The van der Waals surface area contributed by atoms with Crippen molar-refractivity contribution in [1.29, 1.82) is 0 Å². The maximum atomic E-state index is 12.4. The third-order valence-corrected chi connectivity index (χ3v) is 7.33. The summed E-state index contributed by atoms with van der Waals surface area (Å²) in [6.07, 6.45) is -8.97. The number of esters is 2. The normalized spacial score (nSPS) is 37.4. The van der Waals surface area contributed by atoms with E-state index < -0.39 is 92.1 Å². The largest absolute Gasteiger partial charge is 0.508 e. The minimum atomic E-state index is -1.77. The first-order valence-electron chi connectivity index (χ1n) is 12.5. The van der Waals surface area contributed by atoms with Crippen molar-refractivity contribution in [3.8, 4) is 5.75 Å². The van der Waals surface area contributed by atoms with Crippen molar-refractivity contribution in [2.75, 3.05) is 20.3 Å². The van der Waals surface area contributed by atoms with E-state index in [1.807, 2.05) is 0 Å². The Morgan fingerprint density at radius 1 is 0.950 bits per heavy atom. The molecule has 14 nitrogen and oxygen atoms in total. The number of hydrogen-bond acceptors (Lipinski definition) is 14. The van der Waals surface area contributed by atoms with Crippen LogP contribution in [-0.4, -0.2) is 117 Å². The molecule has 11 atom stereocenters. The summed E-state index contributed by atoms with van der Waals surface area (Å²) in [5, 5.41) is 71.2. The SMILES string of the molecule is COC(=O)C1=CO[C@H](O[C@@H]2O[C@@H](CO)[C@@H](O)[C@@H](O)[C@H]2O)[C@H]2[C@@H](COC(=O)C=Cc3ccc(O)cc3)[C@@H](O)[C@@H](O)[C@H]12. The van der Waals surface area contributed by atoms with E-state index in [-0.39, 0.29) is 11.3 Å². The molecule has 0 unspecified atom stereocenters. The van der Waals surface area contributed by atoms with Crippen LogP contribution in [0.5, 0.6) is 5.75 Å². The van der Waals surface area contributed by atoms with Crippen LogP contribution in [0.2, 0.25) is 0 Å². The fourth-order valence-corrected chi connectivity index (χ4v) is 5.18. The first-order chi connectivity index (χ1) is 19.1. The molecule has 1 saturated heterocycles. The topological polar surface area (TPSA) is 222 Å². The number of benzene rings is 1. The number of carbonyl (C=O) groups is 2. The number of phenolic OH excluding ortho intramolecular Hbond substituents is 1. The van der Waals surface area contributed by atoms with Gasteiger partial charge in [-0.25, -0.2) is 9.59 Å². The highest BCUT2D eigenvalue weighted by Crippen LogP contribution is 2.48. The van der Waals surface area contributed by atoms with E-state index in [1.54, 1.807) is 12.1 Å². The summed E-state index contributed by atoms with van der Waals surface area (Å²) < 4.78 is 26.8. The van der Waals surface area contributed by atoms with Gasteiger partial charge in [0.15, 0.2) is 6.29 Å². The Bertz CT molecular complexity index is 1100. The average Bonchev–Trinajstić information content (AvgIpc) is 3.21. The van der Waals surface area contributed by atoms with Crippen LogP contribution in [0.1, 0.15) is 5.56 Å². The Kier molecular flexibility index (Phi) is 9.43. The molecule has 220 valence electrons. The molecule has 1 aliphatic carbocycles. The predicted molar refractivity (Wildman–Crippen MR) is 130 cm³/mol. The molecule has 0 bridgehead atoms. The molecule has 4 rings (SSSR count). The summed E-state index contributed by atoms with van der Waals surface area (Å²) in [4.78, 5) is 24.8. The van der Waals surface area contributed by atoms with Crippen LogP contribution >= 0.6 is 0 Å². The summed E-state index contributed by atoms with van der Waals surface area (Å²) in [5.41, 5.74) is 0.487. The van der Waals surface area contributed by atoms with Crippen LogP contribution in [0, 0.1) is 17.8 Å². The Labute approximate surface area is 228 Å². The molecule has 1 aromatic carbocycles. The number of rotatable bonds is 8. The molecule has 2 heterocycles. The second-order valence-electron chi connectivity index (χ2n) is 9.71. The van der Waals surface area contributed by atoms with Crippen LogP contribution in [0.15, 0.2) is 42.2 Å². The first kappa shape index (κ1) is 29.9. The van der Waals surface area contributed by atoms with Gasteiger partial charge in [-0.05, 0) is 23.8 Å². The van der Waals surface area contributed by atoms with Gasteiger partial charge in [-0.1, -0.05) is 12.1 Å². The lowest BCUT2D eigenvalue weighted by Gasteiger charge is -2.43. The molecule has 1 saturated carbocycles. The van der Waals surface area contributed by atoms with E-state index in [2.05, 4.69) is 0 Å². The molecule has 40 heavy (non-hydrogen) atoms. The highest BCUT2D eigenvalue weighted by Gasteiger charge is 2.59. The van der Waals surface area contributed by atoms with Crippen LogP contribution in [0.25, 0.3) is 6.08 Å². The van der Waals surface area contributed by atoms with Gasteiger partial charge in [0.05, 0.1) is 44.4 Å². The zero-order valence-electron chi connectivity index (χ0n) is 21.3. The number of carbonyl (C=O) groups excluding carboxylic acids is 2. The quantitative estimate of drug-likeness (QED) is 0.130. The van der Waals surface area contributed by atoms with Gasteiger partial charge in [-0.2, -0.15) is 0 Å². The maximum absolute atomic E-state index is 12.4. The van der Waals surface area contributed by atoms with Gasteiger partial charge in [0, 0.05) is 23.8 Å². The molecule has 0 aromatic heterocycles. The number of aliphatic hydroxyl groups excluding tert-OH is 6. The monoisotopic (exact) mass is 568 g/mol. The van der Waals surface area contributed by atoms with E-state index in [1.165, 1.54) is 18.2 Å². The Morgan fingerprint density at radius 3 is 2.30 bits per heavy atom. The summed E-state index contributed by atoms with van der Waals surface area (Å²) >= 11 is 0. The molecule has 7 N–H and O–H groups in total. The number of aromatic hydroxyl groups is 1. The molecular formula is C26H32O14. The van der Waals surface area contributed by atoms with Gasteiger partial charge in [0.25, 0.3) is 0 Å². The lowest BCUT2D eigenvalue weighted by atomic mass is 9.82. The summed E-state index contributed by atoms with van der Waals surface area (Å²) in [6.45, 7) is -1.15. The first-order valence-corrected chi connectivity index (χ1v) is 12.5. The lowest BCUT2D eigenvalue weighted by Crippen LogP contribution is -2.60. The number of ether oxygens (including phenoxy) is 5. The van der Waals surface area contributed by atoms with E-state index in [0.29, 0.717) is 5.56 Å². The molecular weight excluding hydrogens is 536 g/mol. The van der Waals surface area contributed by atoms with E-state index in [0.717, 1.165) is 19.4 Å². The second-order valence-corrected chi connectivity index (χ2v) is 9.71. The molecule has 2 aliphatic heterocycles. The smallest absolute Gasteiger partial charge is 0.337 e. The lowest BCUT2D eigenvalue weighted by molar-refractivity contribution is -0.343. The van der Waals surface area contributed by atoms with Crippen molar-refractivity contribution < 1.29 is 69.0 Å². The Morgan fingerprint density at radius 2 is 1.65 bits per heavy atom.